The van der Waals surface area contributed by atoms with E-state index in [1.165, 1.54) is 0 Å². The lowest BCUT2D eigenvalue weighted by atomic mass is 10.0. The first-order chi connectivity index (χ1) is 37.7. The molecule has 0 aliphatic carbocycles. The first kappa shape index (κ1) is 60.8. The molecule has 0 unspecified atom stereocenters. The number of halogens is 2. The van der Waals surface area contributed by atoms with E-state index in [0.717, 1.165) is 145 Å². The Labute approximate surface area is 475 Å². The number of nitriles is 4. The third-order valence-corrected chi connectivity index (χ3v) is 13.7. The molecular weight excluding hydrogens is 1090 g/mol. The minimum Gasteiger partial charge on any atom is -0.493 e. The second kappa shape index (κ2) is 34.6. The molecule has 4 aromatic carbocycles. The minimum atomic E-state index is -0.0692. The Morgan fingerprint density at radius 3 is 1.06 bits per heavy atom. The fraction of sp³-hybridized carbons (Fsp3) is 0.364. The van der Waals surface area contributed by atoms with Crippen molar-refractivity contribution in [2.45, 2.75) is 130 Å². The number of hydrogen-bond donors (Lipinski definition) is 0. The van der Waals surface area contributed by atoms with Gasteiger partial charge >= 0.3 is 0 Å². The van der Waals surface area contributed by atoms with Gasteiger partial charge in [-0.15, -0.1) is 0 Å². The van der Waals surface area contributed by atoms with Crippen molar-refractivity contribution in [3.63, 3.8) is 0 Å². The van der Waals surface area contributed by atoms with Crippen molar-refractivity contribution in [3.05, 3.63) is 162 Å². The molecule has 1 heterocycles. The fourth-order valence-electron chi connectivity index (χ4n) is 8.29. The van der Waals surface area contributed by atoms with Crippen LogP contribution in [0.15, 0.2) is 129 Å². The molecule has 77 heavy (non-hydrogen) atoms. The lowest BCUT2D eigenvalue weighted by molar-refractivity contribution is 0.296. The smallest absolute Gasteiger partial charge is 0.137 e. The first-order valence-corrected chi connectivity index (χ1v) is 28.9. The van der Waals surface area contributed by atoms with Crippen LogP contribution in [-0.2, 0) is 4.74 Å². The van der Waals surface area contributed by atoms with Gasteiger partial charge in [-0.1, -0.05) is 161 Å². The monoisotopic (exact) mass is 1160 g/mol. The number of hydrogen-bond acceptors (Lipinski definition) is 9. The van der Waals surface area contributed by atoms with Crippen molar-refractivity contribution in [3.8, 4) is 47.3 Å². The molecule has 11 heteroatoms. The van der Waals surface area contributed by atoms with Gasteiger partial charge in [-0.2, -0.15) is 21.0 Å². The summed E-state index contributed by atoms with van der Waals surface area (Å²) >= 11 is 7.03. The van der Waals surface area contributed by atoms with Gasteiger partial charge in [-0.3, -0.25) is 0 Å². The van der Waals surface area contributed by atoms with Crippen LogP contribution in [0.4, 0.5) is 0 Å². The molecule has 5 rings (SSSR count). The van der Waals surface area contributed by atoms with Crippen molar-refractivity contribution < 1.29 is 23.7 Å². The average Bonchev–Trinajstić information content (AvgIpc) is 3.44. The quantitative estimate of drug-likeness (QED) is 0.0265. The van der Waals surface area contributed by atoms with E-state index in [0.29, 0.717) is 77.7 Å². The third-order valence-electron chi connectivity index (χ3n) is 12.7. The second-order valence-electron chi connectivity index (χ2n) is 18.8. The zero-order valence-electron chi connectivity index (χ0n) is 45.3. The Morgan fingerprint density at radius 1 is 0.429 bits per heavy atom. The van der Waals surface area contributed by atoms with Crippen LogP contribution in [0, 0.1) is 45.3 Å². The fourth-order valence-corrected chi connectivity index (χ4v) is 8.82. The maximum atomic E-state index is 10.4. The Kier molecular flexibility index (Phi) is 27.3. The highest BCUT2D eigenvalue weighted by Gasteiger charge is 2.17. The van der Waals surface area contributed by atoms with E-state index in [4.69, 9.17) is 23.7 Å². The van der Waals surface area contributed by atoms with E-state index >= 15 is 0 Å². The molecule has 0 amide bonds. The van der Waals surface area contributed by atoms with E-state index in [1.807, 2.05) is 97.1 Å². The van der Waals surface area contributed by atoms with Gasteiger partial charge in [0, 0.05) is 36.8 Å². The predicted octanol–water partition coefficient (Wildman–Crippen LogP) is 19.0. The number of benzene rings is 4. The van der Waals surface area contributed by atoms with E-state index in [2.05, 4.69) is 83.8 Å². The Hall–Kier alpha value is -7.02. The van der Waals surface area contributed by atoms with Gasteiger partial charge in [0.1, 0.15) is 52.2 Å². The average molecular weight is 1160 g/mol. The Morgan fingerprint density at radius 2 is 0.753 bits per heavy atom. The van der Waals surface area contributed by atoms with Gasteiger partial charge in [0.15, 0.2) is 0 Å². The standard InChI is InChI=1S/C66H72Br2N4O5/c1-5-9-13-17-33-73-63-43-54(37-56(45-69)49-21-27-59(67)28-22-49)65(75-35-19-15-11-7-3)41-51(63)25-31-61-39-53(58(47-71)48-72)40-62(77-61)32-26-52-42-66(76-36-20-16-12-8-4)55(44-64(52)74-34-18-14-10-6-2)38-57(46-70)50-23-29-60(68)30-24-50/h21-32,37-44H,5-20,33-36H2,1-4H3/b31-25+,32-26+,56-37+,57-38+. The number of ether oxygens (including phenoxy) is 5. The van der Waals surface area contributed by atoms with E-state index in [-0.39, 0.29) is 5.57 Å². The summed E-state index contributed by atoms with van der Waals surface area (Å²) in [4.78, 5) is 0. The zero-order chi connectivity index (χ0) is 55.0. The topological polar surface area (TPSA) is 141 Å². The van der Waals surface area contributed by atoms with Gasteiger partial charge < -0.3 is 23.7 Å². The summed E-state index contributed by atoms with van der Waals surface area (Å²) in [5.74, 6) is 3.19. The predicted molar refractivity (Wildman–Crippen MR) is 320 cm³/mol. The summed E-state index contributed by atoms with van der Waals surface area (Å²) < 4.78 is 34.5. The molecule has 1 aliphatic heterocycles. The van der Waals surface area contributed by atoms with Gasteiger partial charge in [0.2, 0.25) is 0 Å². The van der Waals surface area contributed by atoms with Crippen LogP contribution in [0.5, 0.6) is 23.0 Å². The summed E-state index contributed by atoms with van der Waals surface area (Å²) in [6, 6.07) is 31.9. The number of unbranched alkanes of at least 4 members (excludes halogenated alkanes) is 12. The molecule has 0 spiro atoms. The second-order valence-corrected chi connectivity index (χ2v) is 20.6. The number of allylic oxidation sites excluding steroid dienone is 8. The van der Waals surface area contributed by atoms with Crippen LogP contribution in [0.3, 0.4) is 0 Å². The van der Waals surface area contributed by atoms with Crippen molar-refractivity contribution in [1.29, 1.82) is 21.0 Å². The summed E-state index contributed by atoms with van der Waals surface area (Å²) in [6.45, 7) is 10.7. The summed E-state index contributed by atoms with van der Waals surface area (Å²) in [7, 11) is 0. The zero-order valence-corrected chi connectivity index (χ0v) is 48.4. The van der Waals surface area contributed by atoms with E-state index in [1.54, 1.807) is 24.3 Å². The van der Waals surface area contributed by atoms with Crippen LogP contribution in [-0.4, -0.2) is 26.4 Å². The molecule has 400 valence electrons. The van der Waals surface area contributed by atoms with Crippen LogP contribution >= 0.6 is 31.9 Å². The highest BCUT2D eigenvalue weighted by Crippen LogP contribution is 2.37. The van der Waals surface area contributed by atoms with Crippen molar-refractivity contribution in [2.24, 2.45) is 0 Å². The van der Waals surface area contributed by atoms with Crippen LogP contribution < -0.4 is 18.9 Å². The normalized spacial score (nSPS) is 12.5. The van der Waals surface area contributed by atoms with Crippen LogP contribution in [0.1, 0.15) is 164 Å². The molecule has 9 nitrogen and oxygen atoms in total. The van der Waals surface area contributed by atoms with Gasteiger partial charge in [-0.05, 0) is 134 Å². The minimum absolute atomic E-state index is 0.0692. The lowest BCUT2D eigenvalue weighted by Gasteiger charge is -2.17. The molecule has 4 aromatic rings. The molecule has 0 atom stereocenters. The summed E-state index contributed by atoms with van der Waals surface area (Å²) in [5, 5.41) is 41.0. The van der Waals surface area contributed by atoms with E-state index in [9.17, 15) is 21.0 Å². The molecule has 0 N–H and O–H groups in total. The van der Waals surface area contributed by atoms with Crippen molar-refractivity contribution in [2.75, 3.05) is 26.4 Å². The van der Waals surface area contributed by atoms with E-state index < -0.39 is 0 Å². The number of rotatable bonds is 32. The molecule has 1 aliphatic rings. The SMILES string of the molecule is CCCCCCOc1cc(/C=C/C2=CC(=C(C#N)C#N)C=C(/C=C/c3cc(OCCCCCC)c(/C=C(\C#N)c4ccc(Br)cc4)cc3OCCCCCC)O2)c(OCCCCCC)cc1/C=C(\C#N)c1ccc(Br)cc1. The van der Waals surface area contributed by atoms with Crippen molar-refractivity contribution in [1.82, 2.24) is 0 Å². The maximum absolute atomic E-state index is 10.4. The molecule has 0 radical (unpaired) electrons. The largest absolute Gasteiger partial charge is 0.493 e. The van der Waals surface area contributed by atoms with Gasteiger partial charge in [0.25, 0.3) is 0 Å². The first-order valence-electron chi connectivity index (χ1n) is 27.3. The Balaban J connectivity index is 1.59. The van der Waals surface area contributed by atoms with Gasteiger partial charge in [-0.25, -0.2) is 0 Å². The summed E-state index contributed by atoms with van der Waals surface area (Å²) in [6.07, 6.45) is 30.9. The Bertz CT molecular complexity index is 2760. The van der Waals surface area contributed by atoms with Crippen LogP contribution in [0.2, 0.25) is 0 Å². The summed E-state index contributed by atoms with van der Waals surface area (Å²) in [5.41, 5.74) is 5.73. The molecule has 0 saturated carbocycles. The highest BCUT2D eigenvalue weighted by atomic mass is 79.9. The van der Waals surface area contributed by atoms with Gasteiger partial charge in [0.05, 0.1) is 49.7 Å². The molecule has 0 aromatic heterocycles. The third kappa shape index (κ3) is 20.5. The van der Waals surface area contributed by atoms with Crippen LogP contribution in [0.25, 0.3) is 35.5 Å². The molecule has 0 bridgehead atoms. The maximum Gasteiger partial charge on any atom is 0.137 e. The highest BCUT2D eigenvalue weighted by molar-refractivity contribution is 9.10. The lowest BCUT2D eigenvalue weighted by Crippen LogP contribution is -2.03. The molecule has 0 fully saturated rings. The molecule has 0 saturated heterocycles. The van der Waals surface area contributed by atoms with Crippen molar-refractivity contribution >= 4 is 67.3 Å². The number of nitrogens with zero attached hydrogens (tertiary/aromatic N) is 4. The molecular formula is C66H72Br2N4O5.